The van der Waals surface area contributed by atoms with Gasteiger partial charge in [-0.3, -0.25) is 14.5 Å². The molecule has 1 saturated heterocycles. The second-order valence-corrected chi connectivity index (χ2v) is 8.55. The number of rotatable bonds is 4. The zero-order valence-corrected chi connectivity index (χ0v) is 16.5. The van der Waals surface area contributed by atoms with Crippen LogP contribution in [0.3, 0.4) is 0 Å². The molecule has 1 heterocycles. The summed E-state index contributed by atoms with van der Waals surface area (Å²) in [6.45, 7) is 10.9. The molecule has 26 heavy (non-hydrogen) atoms. The standard InChI is InChI=1S/C21H31NO4/c1-11(2)7-8-25-16-9-12(3)14-10-15(23)13(4)17(14)20-18(16)19(22(5)6)21(24)26-20/h7,13-14,16-20H,3,8-10H2,1-2,4-6H3. The minimum Gasteiger partial charge on any atom is -0.460 e. The van der Waals surface area contributed by atoms with E-state index in [2.05, 4.69) is 12.7 Å². The van der Waals surface area contributed by atoms with Crippen molar-refractivity contribution in [1.29, 1.82) is 0 Å². The van der Waals surface area contributed by atoms with Gasteiger partial charge in [-0.25, -0.2) is 0 Å². The Bertz CT molecular complexity index is 634. The fourth-order valence-electron chi connectivity index (χ4n) is 5.01. The van der Waals surface area contributed by atoms with Crippen LogP contribution in [0.1, 0.15) is 33.6 Å². The number of allylic oxidation sites excluding steroid dienone is 1. The number of carbonyl (C=O) groups is 2. The highest BCUT2D eigenvalue weighted by molar-refractivity contribution is 5.85. The highest BCUT2D eigenvalue weighted by Crippen LogP contribution is 2.51. The van der Waals surface area contributed by atoms with Crippen molar-refractivity contribution in [3.05, 3.63) is 23.8 Å². The van der Waals surface area contributed by atoms with Gasteiger partial charge in [-0.05, 0) is 40.3 Å². The van der Waals surface area contributed by atoms with Gasteiger partial charge in [0.05, 0.1) is 12.7 Å². The molecule has 0 N–H and O–H groups in total. The van der Waals surface area contributed by atoms with Crippen LogP contribution in [0.25, 0.3) is 0 Å². The summed E-state index contributed by atoms with van der Waals surface area (Å²) in [4.78, 5) is 26.9. The monoisotopic (exact) mass is 361 g/mol. The maximum absolute atomic E-state index is 12.6. The fraction of sp³-hybridized carbons (Fsp3) is 0.714. The van der Waals surface area contributed by atoms with Gasteiger partial charge in [-0.2, -0.15) is 0 Å². The lowest BCUT2D eigenvalue weighted by atomic mass is 9.78. The van der Waals surface area contributed by atoms with Crippen molar-refractivity contribution in [3.8, 4) is 0 Å². The summed E-state index contributed by atoms with van der Waals surface area (Å²) in [5.74, 6) is -0.00818. The number of ketones is 1. The number of carbonyl (C=O) groups excluding carboxylic acids is 2. The first-order valence-corrected chi connectivity index (χ1v) is 9.54. The smallest absolute Gasteiger partial charge is 0.324 e. The third-order valence-electron chi connectivity index (χ3n) is 6.36. The maximum atomic E-state index is 12.6. The Labute approximate surface area is 156 Å². The first-order chi connectivity index (χ1) is 12.2. The van der Waals surface area contributed by atoms with Gasteiger partial charge in [0, 0.05) is 24.2 Å². The quantitative estimate of drug-likeness (QED) is 0.569. The first-order valence-electron chi connectivity index (χ1n) is 9.54. The highest BCUT2D eigenvalue weighted by Gasteiger charge is 2.59. The highest BCUT2D eigenvalue weighted by atomic mass is 16.6. The molecular weight excluding hydrogens is 330 g/mol. The molecule has 5 nitrogen and oxygen atoms in total. The van der Waals surface area contributed by atoms with Gasteiger partial charge >= 0.3 is 5.97 Å². The normalized spacial score (nSPS) is 39.5. The number of likely N-dealkylation sites (N-methyl/N-ethyl adjacent to an activating group) is 1. The molecule has 0 radical (unpaired) electrons. The number of hydrogen-bond donors (Lipinski definition) is 0. The SMILES string of the molecule is C=C1CC(OCC=C(C)C)C2C(OC(=O)C2N(C)C)C2C(C)C(=O)CC12. The zero-order valence-electron chi connectivity index (χ0n) is 16.5. The van der Waals surface area contributed by atoms with Gasteiger partial charge in [-0.15, -0.1) is 0 Å². The van der Waals surface area contributed by atoms with Crippen molar-refractivity contribution in [2.24, 2.45) is 23.7 Å². The Balaban J connectivity index is 1.96. The van der Waals surface area contributed by atoms with E-state index in [0.29, 0.717) is 19.4 Å². The molecule has 3 rings (SSSR count). The summed E-state index contributed by atoms with van der Waals surface area (Å²) in [5.41, 5.74) is 2.27. The lowest BCUT2D eigenvalue weighted by Crippen LogP contribution is -2.46. The van der Waals surface area contributed by atoms with Gasteiger partial charge in [0.25, 0.3) is 0 Å². The number of fused-ring (bicyclic) bond motifs is 3. The Hall–Kier alpha value is -1.46. The number of esters is 1. The van der Waals surface area contributed by atoms with Crippen molar-refractivity contribution in [2.45, 2.75) is 51.9 Å². The Morgan fingerprint density at radius 1 is 1.27 bits per heavy atom. The molecule has 7 atom stereocenters. The van der Waals surface area contributed by atoms with Crippen LogP contribution in [0.15, 0.2) is 23.8 Å². The van der Waals surface area contributed by atoms with Crippen molar-refractivity contribution < 1.29 is 19.1 Å². The first kappa shape index (κ1) is 19.3. The molecule has 144 valence electrons. The summed E-state index contributed by atoms with van der Waals surface area (Å²) < 4.78 is 12.1. The van der Waals surface area contributed by atoms with Crippen LogP contribution >= 0.6 is 0 Å². The zero-order chi connectivity index (χ0) is 19.2. The van der Waals surface area contributed by atoms with E-state index in [4.69, 9.17) is 9.47 Å². The van der Waals surface area contributed by atoms with Gasteiger partial charge < -0.3 is 9.47 Å². The Morgan fingerprint density at radius 3 is 2.58 bits per heavy atom. The third-order valence-corrected chi connectivity index (χ3v) is 6.36. The Morgan fingerprint density at radius 2 is 1.96 bits per heavy atom. The van der Waals surface area contributed by atoms with E-state index >= 15 is 0 Å². The predicted octanol–water partition coefficient (Wildman–Crippen LogP) is 2.61. The van der Waals surface area contributed by atoms with Crippen molar-refractivity contribution in [1.82, 2.24) is 4.90 Å². The van der Waals surface area contributed by atoms with E-state index in [1.54, 1.807) is 0 Å². The van der Waals surface area contributed by atoms with E-state index in [-0.39, 0.29) is 53.7 Å². The third kappa shape index (κ3) is 3.27. The van der Waals surface area contributed by atoms with E-state index in [9.17, 15) is 9.59 Å². The molecule has 3 aliphatic rings. The fourth-order valence-corrected chi connectivity index (χ4v) is 5.01. The summed E-state index contributed by atoms with van der Waals surface area (Å²) in [7, 11) is 3.81. The lowest BCUT2D eigenvalue weighted by molar-refractivity contribution is -0.147. The molecule has 5 heteroatoms. The van der Waals surface area contributed by atoms with Crippen LogP contribution < -0.4 is 0 Å². The van der Waals surface area contributed by atoms with Crippen LogP contribution in [-0.2, 0) is 19.1 Å². The topological polar surface area (TPSA) is 55.8 Å². The molecule has 1 aliphatic heterocycles. The molecular formula is C21H31NO4. The van der Waals surface area contributed by atoms with Gasteiger partial charge in [0.15, 0.2) is 0 Å². The van der Waals surface area contributed by atoms with Crippen molar-refractivity contribution in [3.63, 3.8) is 0 Å². The van der Waals surface area contributed by atoms with Crippen LogP contribution in [0.4, 0.5) is 0 Å². The Kier molecular flexibility index (Phi) is 5.40. The average molecular weight is 361 g/mol. The minimum absolute atomic E-state index is 0.0194. The maximum Gasteiger partial charge on any atom is 0.324 e. The lowest BCUT2D eigenvalue weighted by Gasteiger charge is -2.32. The molecule has 0 aromatic heterocycles. The summed E-state index contributed by atoms with van der Waals surface area (Å²) in [5, 5.41) is 0. The van der Waals surface area contributed by atoms with Crippen LogP contribution in [0.5, 0.6) is 0 Å². The summed E-state index contributed by atoms with van der Waals surface area (Å²) in [6.07, 6.45) is 2.84. The molecule has 0 spiro atoms. The average Bonchev–Trinajstić information content (AvgIpc) is 3.00. The summed E-state index contributed by atoms with van der Waals surface area (Å²) in [6, 6.07) is -0.342. The molecule has 2 aliphatic carbocycles. The summed E-state index contributed by atoms with van der Waals surface area (Å²) >= 11 is 0. The molecule has 0 aromatic carbocycles. The number of Topliss-reactive ketones (excluding diaryl/α,β-unsaturated/α-hetero) is 1. The van der Waals surface area contributed by atoms with Gasteiger partial charge in [-0.1, -0.05) is 30.7 Å². The molecule has 0 aromatic rings. The van der Waals surface area contributed by atoms with E-state index in [1.807, 2.05) is 39.8 Å². The van der Waals surface area contributed by atoms with Crippen molar-refractivity contribution in [2.75, 3.05) is 20.7 Å². The van der Waals surface area contributed by atoms with E-state index < -0.39 is 0 Å². The van der Waals surface area contributed by atoms with Gasteiger partial charge in [0.1, 0.15) is 17.9 Å². The number of ether oxygens (including phenoxy) is 2. The van der Waals surface area contributed by atoms with E-state index in [1.165, 1.54) is 5.57 Å². The molecule has 7 unspecified atom stereocenters. The minimum atomic E-state index is -0.342. The van der Waals surface area contributed by atoms with Crippen molar-refractivity contribution >= 4 is 11.8 Å². The van der Waals surface area contributed by atoms with Gasteiger partial charge in [0.2, 0.25) is 0 Å². The number of hydrogen-bond acceptors (Lipinski definition) is 5. The predicted molar refractivity (Wildman–Crippen MR) is 99.5 cm³/mol. The second kappa shape index (κ2) is 7.28. The number of nitrogens with zero attached hydrogens (tertiary/aromatic N) is 1. The second-order valence-electron chi connectivity index (χ2n) is 8.55. The molecule has 0 amide bonds. The van der Waals surface area contributed by atoms with Crippen LogP contribution in [0.2, 0.25) is 0 Å². The van der Waals surface area contributed by atoms with E-state index in [0.717, 1.165) is 5.57 Å². The molecule has 0 bridgehead atoms. The van der Waals surface area contributed by atoms with Crippen LogP contribution in [-0.4, -0.2) is 55.6 Å². The molecule has 2 saturated carbocycles. The molecule has 3 fully saturated rings. The van der Waals surface area contributed by atoms with Crippen LogP contribution in [0, 0.1) is 23.7 Å². The largest absolute Gasteiger partial charge is 0.460 e.